The molecule has 0 aliphatic rings. The maximum Gasteiger partial charge on any atom is 0.258 e. The smallest absolute Gasteiger partial charge is 0.258 e. The summed E-state index contributed by atoms with van der Waals surface area (Å²) >= 11 is 0. The van der Waals surface area contributed by atoms with Crippen molar-refractivity contribution in [1.82, 2.24) is 15.0 Å². The minimum absolute atomic E-state index is 0.0716. The van der Waals surface area contributed by atoms with Crippen LogP contribution < -0.4 is 10.0 Å². The molecule has 0 amide bonds. The first-order valence-electron chi connectivity index (χ1n) is 7.17. The van der Waals surface area contributed by atoms with Gasteiger partial charge in [0.1, 0.15) is 0 Å². The maximum absolute atomic E-state index is 12.1. The molecule has 1 aromatic rings. The Morgan fingerprint density at radius 1 is 1.25 bits per heavy atom. The molecule has 5 nitrogen and oxygen atoms in total. The van der Waals surface area contributed by atoms with Gasteiger partial charge in [0, 0.05) is 18.8 Å². The van der Waals surface area contributed by atoms with Crippen molar-refractivity contribution in [3.63, 3.8) is 0 Å². The van der Waals surface area contributed by atoms with E-state index in [-0.39, 0.29) is 11.1 Å². The summed E-state index contributed by atoms with van der Waals surface area (Å²) in [7, 11) is -3.51. The number of aromatic nitrogens is 1. The van der Waals surface area contributed by atoms with Crippen LogP contribution in [0.25, 0.3) is 0 Å². The molecule has 0 radical (unpaired) electrons. The van der Waals surface area contributed by atoms with Crippen molar-refractivity contribution in [1.29, 1.82) is 0 Å². The average Bonchev–Trinajstić information content (AvgIpc) is 2.39. The molecule has 0 saturated carbocycles. The molecule has 0 spiro atoms. The molecule has 1 rings (SSSR count). The summed E-state index contributed by atoms with van der Waals surface area (Å²) in [5.74, 6) is 0. The van der Waals surface area contributed by atoms with Gasteiger partial charge in [-0.05, 0) is 37.9 Å². The molecule has 0 fully saturated rings. The van der Waals surface area contributed by atoms with Crippen molar-refractivity contribution in [2.24, 2.45) is 0 Å². The number of hydrogen-bond acceptors (Lipinski definition) is 4. The second-order valence-corrected chi connectivity index (χ2v) is 6.65. The number of rotatable bonds is 9. The van der Waals surface area contributed by atoms with Gasteiger partial charge in [0.25, 0.3) is 10.0 Å². The fraction of sp³-hybridized carbons (Fsp3) is 0.643. The van der Waals surface area contributed by atoms with E-state index >= 15 is 0 Å². The van der Waals surface area contributed by atoms with Gasteiger partial charge < -0.3 is 5.32 Å². The first kappa shape index (κ1) is 17.1. The second kappa shape index (κ2) is 8.34. The van der Waals surface area contributed by atoms with E-state index in [9.17, 15) is 8.42 Å². The molecular formula is C14H25N3O2S. The zero-order chi connectivity index (χ0) is 15.0. The monoisotopic (exact) mass is 299 g/mol. The van der Waals surface area contributed by atoms with Crippen LogP contribution in [0.2, 0.25) is 0 Å². The van der Waals surface area contributed by atoms with Crippen molar-refractivity contribution in [3.05, 3.63) is 23.9 Å². The van der Waals surface area contributed by atoms with E-state index in [4.69, 9.17) is 0 Å². The molecule has 20 heavy (non-hydrogen) atoms. The van der Waals surface area contributed by atoms with Crippen LogP contribution in [0.15, 0.2) is 23.4 Å². The molecule has 1 atom stereocenters. The van der Waals surface area contributed by atoms with Crippen molar-refractivity contribution < 1.29 is 8.42 Å². The van der Waals surface area contributed by atoms with Gasteiger partial charge in [0.2, 0.25) is 0 Å². The average molecular weight is 299 g/mol. The van der Waals surface area contributed by atoms with E-state index in [0.29, 0.717) is 6.54 Å². The first-order chi connectivity index (χ1) is 9.49. The fourth-order valence-corrected chi connectivity index (χ4v) is 3.11. The van der Waals surface area contributed by atoms with Gasteiger partial charge >= 0.3 is 0 Å². The molecule has 1 aromatic heterocycles. The van der Waals surface area contributed by atoms with Gasteiger partial charge in [-0.25, -0.2) is 18.1 Å². The SMILES string of the molecule is CCCNCc1ccc(S(=O)(=O)NC(C)CCC)nc1. The molecule has 0 aliphatic carbocycles. The highest BCUT2D eigenvalue weighted by atomic mass is 32.2. The van der Waals surface area contributed by atoms with E-state index in [0.717, 1.165) is 31.4 Å². The van der Waals surface area contributed by atoms with Crippen LogP contribution in [-0.4, -0.2) is 26.0 Å². The van der Waals surface area contributed by atoms with Crippen molar-refractivity contribution in [2.45, 2.75) is 57.6 Å². The van der Waals surface area contributed by atoms with Crippen LogP contribution >= 0.6 is 0 Å². The lowest BCUT2D eigenvalue weighted by Crippen LogP contribution is -2.33. The minimum atomic E-state index is -3.51. The molecular weight excluding hydrogens is 274 g/mol. The third-order valence-corrected chi connectivity index (χ3v) is 4.41. The van der Waals surface area contributed by atoms with Crippen LogP contribution in [0.1, 0.15) is 45.6 Å². The third-order valence-electron chi connectivity index (χ3n) is 2.91. The highest BCUT2D eigenvalue weighted by molar-refractivity contribution is 7.89. The summed E-state index contributed by atoms with van der Waals surface area (Å²) in [6.07, 6.45) is 4.44. The van der Waals surface area contributed by atoms with Crippen molar-refractivity contribution in [2.75, 3.05) is 6.54 Å². The predicted molar refractivity (Wildman–Crippen MR) is 80.9 cm³/mol. The number of pyridine rings is 1. The lowest BCUT2D eigenvalue weighted by atomic mass is 10.2. The van der Waals surface area contributed by atoms with E-state index < -0.39 is 10.0 Å². The molecule has 1 heterocycles. The first-order valence-corrected chi connectivity index (χ1v) is 8.66. The molecule has 0 saturated heterocycles. The highest BCUT2D eigenvalue weighted by Crippen LogP contribution is 2.08. The third kappa shape index (κ3) is 5.56. The number of nitrogens with zero attached hydrogens (tertiary/aromatic N) is 1. The molecule has 0 aliphatic heterocycles. The van der Waals surface area contributed by atoms with E-state index in [1.54, 1.807) is 18.3 Å². The van der Waals surface area contributed by atoms with E-state index in [2.05, 4.69) is 21.9 Å². The molecule has 0 bridgehead atoms. The van der Waals surface area contributed by atoms with Crippen LogP contribution in [0, 0.1) is 0 Å². The number of nitrogens with one attached hydrogen (secondary N) is 2. The number of hydrogen-bond donors (Lipinski definition) is 2. The summed E-state index contributed by atoms with van der Waals surface area (Å²) in [5, 5.41) is 3.34. The zero-order valence-electron chi connectivity index (χ0n) is 12.5. The highest BCUT2D eigenvalue weighted by Gasteiger charge is 2.18. The summed E-state index contributed by atoms with van der Waals surface area (Å²) in [6.45, 7) is 7.65. The van der Waals surface area contributed by atoms with Crippen molar-refractivity contribution in [3.8, 4) is 0 Å². The summed E-state index contributed by atoms with van der Waals surface area (Å²) in [4.78, 5) is 4.05. The van der Waals surface area contributed by atoms with Gasteiger partial charge in [-0.3, -0.25) is 0 Å². The standard InChI is InChI=1S/C14H25N3O2S/c1-4-6-12(3)17-20(18,19)14-8-7-13(11-16-14)10-15-9-5-2/h7-8,11-12,15,17H,4-6,9-10H2,1-3H3. The lowest BCUT2D eigenvalue weighted by molar-refractivity contribution is 0.541. The molecule has 6 heteroatoms. The van der Waals surface area contributed by atoms with Gasteiger partial charge in [-0.1, -0.05) is 26.3 Å². The number of sulfonamides is 1. The Hall–Kier alpha value is -0.980. The van der Waals surface area contributed by atoms with Crippen LogP contribution in [0.4, 0.5) is 0 Å². The Morgan fingerprint density at radius 2 is 2.00 bits per heavy atom. The van der Waals surface area contributed by atoms with Crippen LogP contribution in [0.3, 0.4) is 0 Å². The maximum atomic E-state index is 12.1. The quantitative estimate of drug-likeness (QED) is 0.685. The predicted octanol–water partition coefficient (Wildman–Crippen LogP) is 2.05. The normalized spacial score (nSPS) is 13.3. The Morgan fingerprint density at radius 3 is 2.55 bits per heavy atom. The van der Waals surface area contributed by atoms with Crippen LogP contribution in [0.5, 0.6) is 0 Å². The zero-order valence-corrected chi connectivity index (χ0v) is 13.3. The van der Waals surface area contributed by atoms with Gasteiger partial charge in [0.15, 0.2) is 5.03 Å². The minimum Gasteiger partial charge on any atom is -0.313 e. The van der Waals surface area contributed by atoms with Crippen molar-refractivity contribution >= 4 is 10.0 Å². The summed E-state index contributed by atoms with van der Waals surface area (Å²) < 4.78 is 26.8. The topological polar surface area (TPSA) is 71.1 Å². The van der Waals surface area contributed by atoms with Gasteiger partial charge in [-0.15, -0.1) is 0 Å². The fourth-order valence-electron chi connectivity index (χ4n) is 1.90. The van der Waals surface area contributed by atoms with E-state index in [1.165, 1.54) is 0 Å². The Bertz CT molecular complexity index is 486. The Kier molecular flexibility index (Phi) is 7.12. The molecule has 0 aromatic carbocycles. The largest absolute Gasteiger partial charge is 0.313 e. The summed E-state index contributed by atoms with van der Waals surface area (Å²) in [6, 6.07) is 3.29. The van der Waals surface area contributed by atoms with Gasteiger partial charge in [-0.2, -0.15) is 0 Å². The van der Waals surface area contributed by atoms with E-state index in [1.807, 2.05) is 13.8 Å². The lowest BCUT2D eigenvalue weighted by Gasteiger charge is -2.12. The summed E-state index contributed by atoms with van der Waals surface area (Å²) in [5.41, 5.74) is 0.985. The second-order valence-electron chi connectivity index (χ2n) is 4.99. The molecule has 1 unspecified atom stereocenters. The van der Waals surface area contributed by atoms with Gasteiger partial charge in [0.05, 0.1) is 0 Å². The molecule has 114 valence electrons. The Labute approximate surface area is 122 Å². The van der Waals surface area contributed by atoms with Crippen LogP contribution in [-0.2, 0) is 16.6 Å². The molecule has 2 N–H and O–H groups in total. The Balaban J connectivity index is 2.66.